The van der Waals surface area contributed by atoms with Crippen molar-refractivity contribution in [2.45, 2.75) is 44.8 Å². The topological polar surface area (TPSA) is 64.6 Å². The van der Waals surface area contributed by atoms with E-state index in [4.69, 9.17) is 9.47 Å². The third-order valence-corrected chi connectivity index (χ3v) is 4.95. The first-order chi connectivity index (χ1) is 15.7. The summed E-state index contributed by atoms with van der Waals surface area (Å²) in [6, 6.07) is 26.6. The Hall–Kier alpha value is -3.44. The summed E-state index contributed by atoms with van der Waals surface area (Å²) < 4.78 is 11.9. The number of aldehydes is 1. The molecule has 0 radical (unpaired) electrons. The number of anilines is 1. The van der Waals surface area contributed by atoms with Crippen LogP contribution in [0.25, 0.3) is 0 Å². The Labute approximate surface area is 189 Å². The molecule has 0 aliphatic rings. The second-order valence-corrected chi connectivity index (χ2v) is 7.52. The van der Waals surface area contributed by atoms with Gasteiger partial charge in [0.1, 0.15) is 23.9 Å². The summed E-state index contributed by atoms with van der Waals surface area (Å²) in [5.41, 5.74) is 1.67. The number of ether oxygens (including phenoxy) is 2. The molecule has 0 saturated heterocycles. The van der Waals surface area contributed by atoms with Crippen molar-refractivity contribution in [1.29, 1.82) is 0 Å². The SMILES string of the molecule is O=CCCCCCC(OCc1cccc(Oc2ccccc2)c1)C(=O)Nc1ccccc1. The lowest BCUT2D eigenvalue weighted by Gasteiger charge is -2.18. The van der Waals surface area contributed by atoms with Gasteiger partial charge < -0.3 is 19.6 Å². The molecule has 1 N–H and O–H groups in total. The zero-order valence-corrected chi connectivity index (χ0v) is 18.1. The molecule has 0 aromatic heterocycles. The Morgan fingerprint density at radius 3 is 2.31 bits per heavy atom. The third-order valence-electron chi connectivity index (χ3n) is 4.95. The van der Waals surface area contributed by atoms with Gasteiger partial charge in [0.25, 0.3) is 5.91 Å². The van der Waals surface area contributed by atoms with Crippen LogP contribution in [0.15, 0.2) is 84.9 Å². The first kappa shape index (κ1) is 23.2. The first-order valence-corrected chi connectivity index (χ1v) is 11.0. The third kappa shape index (κ3) is 8.00. The average Bonchev–Trinajstić information content (AvgIpc) is 2.82. The van der Waals surface area contributed by atoms with Crippen LogP contribution in [0, 0.1) is 0 Å². The molecule has 1 atom stereocenters. The molecule has 0 aliphatic heterocycles. The van der Waals surface area contributed by atoms with Gasteiger partial charge in [0.15, 0.2) is 0 Å². The van der Waals surface area contributed by atoms with Crippen LogP contribution >= 0.6 is 0 Å². The summed E-state index contributed by atoms with van der Waals surface area (Å²) in [6.07, 6.45) is 4.03. The summed E-state index contributed by atoms with van der Waals surface area (Å²) in [6.45, 7) is 0.299. The van der Waals surface area contributed by atoms with Gasteiger partial charge in [-0.15, -0.1) is 0 Å². The number of hydrogen-bond acceptors (Lipinski definition) is 4. The van der Waals surface area contributed by atoms with Gasteiger partial charge in [-0.2, -0.15) is 0 Å². The highest BCUT2D eigenvalue weighted by molar-refractivity contribution is 5.94. The smallest absolute Gasteiger partial charge is 0.253 e. The molecule has 32 heavy (non-hydrogen) atoms. The Morgan fingerprint density at radius 1 is 0.844 bits per heavy atom. The summed E-state index contributed by atoms with van der Waals surface area (Å²) in [5, 5.41) is 2.93. The molecule has 0 saturated carbocycles. The lowest BCUT2D eigenvalue weighted by molar-refractivity contribution is -0.128. The molecule has 1 unspecified atom stereocenters. The fourth-order valence-corrected chi connectivity index (χ4v) is 3.29. The van der Waals surface area contributed by atoms with Crippen LogP contribution in [0.3, 0.4) is 0 Å². The summed E-state index contributed by atoms with van der Waals surface area (Å²) >= 11 is 0. The zero-order chi connectivity index (χ0) is 22.4. The lowest BCUT2D eigenvalue weighted by atomic mass is 10.1. The number of amides is 1. The number of benzene rings is 3. The van der Waals surface area contributed by atoms with E-state index in [1.54, 1.807) is 0 Å². The van der Waals surface area contributed by atoms with E-state index in [0.717, 1.165) is 48.3 Å². The maximum absolute atomic E-state index is 12.8. The maximum atomic E-state index is 12.8. The molecular formula is C27H29NO4. The highest BCUT2D eigenvalue weighted by atomic mass is 16.5. The van der Waals surface area contributed by atoms with Gasteiger partial charge in [0.05, 0.1) is 6.61 Å². The summed E-state index contributed by atoms with van der Waals surface area (Å²) in [4.78, 5) is 23.4. The van der Waals surface area contributed by atoms with Gasteiger partial charge in [-0.25, -0.2) is 0 Å². The standard InChI is InChI=1S/C27H29NO4/c29-19-10-2-1-9-18-26(27(30)28-23-13-5-3-6-14-23)31-21-22-12-11-17-25(20-22)32-24-15-7-4-8-16-24/h3-8,11-17,19-20,26H,1-2,9-10,18,21H2,(H,28,30). The van der Waals surface area contributed by atoms with Crippen LogP contribution in [0.4, 0.5) is 5.69 Å². The van der Waals surface area contributed by atoms with Crippen molar-refractivity contribution in [3.8, 4) is 11.5 Å². The minimum Gasteiger partial charge on any atom is -0.457 e. The largest absolute Gasteiger partial charge is 0.457 e. The summed E-state index contributed by atoms with van der Waals surface area (Å²) in [7, 11) is 0. The normalized spacial score (nSPS) is 11.5. The molecule has 3 aromatic rings. The number of hydrogen-bond donors (Lipinski definition) is 1. The molecule has 3 aromatic carbocycles. The van der Waals surface area contributed by atoms with Crippen LogP contribution < -0.4 is 10.1 Å². The fourth-order valence-electron chi connectivity index (χ4n) is 3.29. The molecule has 0 heterocycles. The van der Waals surface area contributed by atoms with Gasteiger partial charge in [0, 0.05) is 12.1 Å². The van der Waals surface area contributed by atoms with Crippen molar-refractivity contribution in [2.24, 2.45) is 0 Å². The van der Waals surface area contributed by atoms with Gasteiger partial charge in [-0.1, -0.05) is 61.4 Å². The van der Waals surface area contributed by atoms with Crippen LogP contribution in [-0.4, -0.2) is 18.3 Å². The van der Waals surface area contributed by atoms with E-state index in [-0.39, 0.29) is 5.91 Å². The van der Waals surface area contributed by atoms with Crippen molar-refractivity contribution < 1.29 is 19.1 Å². The van der Waals surface area contributed by atoms with E-state index < -0.39 is 6.10 Å². The van der Waals surface area contributed by atoms with Crippen molar-refractivity contribution in [3.05, 3.63) is 90.5 Å². The van der Waals surface area contributed by atoms with Crippen molar-refractivity contribution in [2.75, 3.05) is 5.32 Å². The molecule has 3 rings (SSSR count). The number of carbonyl (C=O) groups excluding carboxylic acids is 2. The molecule has 5 nitrogen and oxygen atoms in total. The molecule has 0 aliphatic carbocycles. The van der Waals surface area contributed by atoms with E-state index >= 15 is 0 Å². The number of para-hydroxylation sites is 2. The maximum Gasteiger partial charge on any atom is 0.253 e. The molecule has 166 valence electrons. The highest BCUT2D eigenvalue weighted by Crippen LogP contribution is 2.23. The van der Waals surface area contributed by atoms with Gasteiger partial charge in [-0.3, -0.25) is 4.79 Å². The second kappa shape index (κ2) is 13.1. The van der Waals surface area contributed by atoms with E-state index in [9.17, 15) is 9.59 Å². The molecule has 0 bridgehead atoms. The van der Waals surface area contributed by atoms with Crippen molar-refractivity contribution in [1.82, 2.24) is 0 Å². The van der Waals surface area contributed by atoms with Gasteiger partial charge in [-0.05, 0) is 54.8 Å². The van der Waals surface area contributed by atoms with Crippen molar-refractivity contribution >= 4 is 17.9 Å². The highest BCUT2D eigenvalue weighted by Gasteiger charge is 2.19. The number of rotatable bonds is 13. The zero-order valence-electron chi connectivity index (χ0n) is 18.1. The van der Waals surface area contributed by atoms with Crippen LogP contribution in [0.1, 0.15) is 37.7 Å². The van der Waals surface area contributed by atoms with Crippen LogP contribution in [-0.2, 0) is 20.9 Å². The molecular weight excluding hydrogens is 402 g/mol. The molecule has 0 spiro atoms. The Morgan fingerprint density at radius 2 is 1.56 bits per heavy atom. The predicted molar refractivity (Wildman–Crippen MR) is 126 cm³/mol. The monoisotopic (exact) mass is 431 g/mol. The average molecular weight is 432 g/mol. The minimum absolute atomic E-state index is 0.164. The Kier molecular flexibility index (Phi) is 9.49. The first-order valence-electron chi connectivity index (χ1n) is 11.0. The molecule has 5 heteroatoms. The van der Waals surface area contributed by atoms with Gasteiger partial charge >= 0.3 is 0 Å². The Bertz CT molecular complexity index is 960. The van der Waals surface area contributed by atoms with Crippen LogP contribution in [0.5, 0.6) is 11.5 Å². The molecule has 0 fully saturated rings. The minimum atomic E-state index is -0.579. The number of carbonyl (C=O) groups is 2. The van der Waals surface area contributed by atoms with E-state index in [2.05, 4.69) is 5.32 Å². The van der Waals surface area contributed by atoms with Gasteiger partial charge in [0.2, 0.25) is 0 Å². The fraction of sp³-hybridized carbons (Fsp3) is 0.259. The van der Waals surface area contributed by atoms with Crippen LogP contribution in [0.2, 0.25) is 0 Å². The quantitative estimate of drug-likeness (QED) is 0.260. The predicted octanol–water partition coefficient (Wildman–Crippen LogP) is 6.15. The van der Waals surface area contributed by atoms with E-state index in [0.29, 0.717) is 19.4 Å². The van der Waals surface area contributed by atoms with E-state index in [1.807, 2.05) is 84.9 Å². The second-order valence-electron chi connectivity index (χ2n) is 7.52. The number of unbranched alkanes of at least 4 members (excludes halogenated alkanes) is 3. The number of nitrogens with one attached hydrogen (secondary N) is 1. The Balaban J connectivity index is 1.59. The van der Waals surface area contributed by atoms with E-state index in [1.165, 1.54) is 0 Å². The molecule has 1 amide bonds. The lowest BCUT2D eigenvalue weighted by Crippen LogP contribution is -2.30. The van der Waals surface area contributed by atoms with Crippen molar-refractivity contribution in [3.63, 3.8) is 0 Å². The summed E-state index contributed by atoms with van der Waals surface area (Å²) in [5.74, 6) is 1.32.